The van der Waals surface area contributed by atoms with Gasteiger partial charge >= 0.3 is 12.2 Å². The Kier molecular flexibility index (Phi) is 5.40. The molecule has 0 aromatic carbocycles. The summed E-state index contributed by atoms with van der Waals surface area (Å²) in [6.07, 6.45) is -2.63. The number of carbonyl (C=O) groups is 1. The van der Waals surface area contributed by atoms with Crippen LogP contribution in [-0.2, 0) is 6.54 Å². The van der Waals surface area contributed by atoms with Crippen molar-refractivity contribution in [2.45, 2.75) is 32.6 Å². The van der Waals surface area contributed by atoms with Crippen LogP contribution in [0.3, 0.4) is 0 Å². The number of aryl methyl sites for hydroxylation is 1. The van der Waals surface area contributed by atoms with Gasteiger partial charge in [-0.25, -0.2) is 14.8 Å². The normalized spacial score (nSPS) is 17.9. The molecule has 1 saturated heterocycles. The summed E-state index contributed by atoms with van der Waals surface area (Å²) in [6, 6.07) is -0.0757. The fraction of sp³-hybridized carbons (Fsp3) is 0.643. The second-order valence-corrected chi connectivity index (χ2v) is 5.49. The van der Waals surface area contributed by atoms with Gasteiger partial charge in [-0.05, 0) is 19.9 Å². The Morgan fingerprint density at radius 1 is 1.35 bits per heavy atom. The molecule has 1 aliphatic heterocycles. The topological polar surface area (TPSA) is 61.4 Å². The number of piperazine rings is 1. The summed E-state index contributed by atoms with van der Waals surface area (Å²) in [5.41, 5.74) is 0.690. The summed E-state index contributed by atoms with van der Waals surface area (Å²) in [6.45, 7) is 4.13. The Balaban J connectivity index is 1.80. The second-order valence-electron chi connectivity index (χ2n) is 5.49. The predicted molar refractivity (Wildman–Crippen MR) is 77.7 cm³/mol. The number of carbonyl (C=O) groups excluding carboxylic acids is 1. The van der Waals surface area contributed by atoms with Crippen LogP contribution in [0.4, 0.5) is 18.0 Å². The Bertz CT molecular complexity index is 543. The molecule has 1 aromatic rings. The SMILES string of the molecule is Cc1nccc(CNC(=O)N2CCN([C@@H](C)C(F)(F)F)CC2)n1. The number of aromatic nitrogens is 2. The summed E-state index contributed by atoms with van der Waals surface area (Å²) in [5, 5.41) is 2.73. The van der Waals surface area contributed by atoms with Crippen molar-refractivity contribution in [2.75, 3.05) is 26.2 Å². The molecule has 0 bridgehead atoms. The maximum atomic E-state index is 12.7. The largest absolute Gasteiger partial charge is 0.403 e. The highest BCUT2D eigenvalue weighted by Gasteiger charge is 2.41. The van der Waals surface area contributed by atoms with Crippen LogP contribution >= 0.6 is 0 Å². The first kappa shape index (κ1) is 17.5. The smallest absolute Gasteiger partial charge is 0.332 e. The van der Waals surface area contributed by atoms with E-state index in [1.165, 1.54) is 9.80 Å². The summed E-state index contributed by atoms with van der Waals surface area (Å²) in [7, 11) is 0. The molecule has 1 aliphatic rings. The van der Waals surface area contributed by atoms with E-state index in [4.69, 9.17) is 0 Å². The lowest BCUT2D eigenvalue weighted by Crippen LogP contribution is -2.56. The van der Waals surface area contributed by atoms with Gasteiger partial charge in [0.2, 0.25) is 0 Å². The van der Waals surface area contributed by atoms with Gasteiger partial charge in [0.05, 0.1) is 12.2 Å². The molecule has 1 N–H and O–H groups in total. The van der Waals surface area contributed by atoms with E-state index in [-0.39, 0.29) is 38.8 Å². The van der Waals surface area contributed by atoms with Crippen molar-refractivity contribution in [3.05, 3.63) is 23.8 Å². The third kappa shape index (κ3) is 4.78. The van der Waals surface area contributed by atoms with E-state index in [9.17, 15) is 18.0 Å². The first-order valence-electron chi connectivity index (χ1n) is 7.39. The van der Waals surface area contributed by atoms with Gasteiger partial charge in [0.1, 0.15) is 11.9 Å². The van der Waals surface area contributed by atoms with Crippen molar-refractivity contribution < 1.29 is 18.0 Å². The fourth-order valence-corrected chi connectivity index (χ4v) is 2.40. The predicted octanol–water partition coefficient (Wildman–Crippen LogP) is 1.56. The number of halogens is 3. The molecule has 1 fully saturated rings. The van der Waals surface area contributed by atoms with Gasteiger partial charge in [-0.15, -0.1) is 0 Å². The van der Waals surface area contributed by atoms with E-state index in [0.29, 0.717) is 11.5 Å². The Labute approximate surface area is 132 Å². The highest BCUT2D eigenvalue weighted by Crippen LogP contribution is 2.25. The number of alkyl halides is 3. The van der Waals surface area contributed by atoms with Crippen LogP contribution in [0, 0.1) is 6.92 Å². The van der Waals surface area contributed by atoms with E-state index in [1.54, 1.807) is 19.2 Å². The van der Waals surface area contributed by atoms with Gasteiger partial charge in [0, 0.05) is 32.4 Å². The quantitative estimate of drug-likeness (QED) is 0.913. The number of nitrogens with zero attached hydrogens (tertiary/aromatic N) is 4. The summed E-state index contributed by atoms with van der Waals surface area (Å²) in [5.74, 6) is 0.617. The highest BCUT2D eigenvalue weighted by molar-refractivity contribution is 5.74. The number of urea groups is 1. The number of amides is 2. The first-order valence-corrected chi connectivity index (χ1v) is 7.39. The fourth-order valence-electron chi connectivity index (χ4n) is 2.40. The molecule has 0 saturated carbocycles. The van der Waals surface area contributed by atoms with Crippen LogP contribution in [0.15, 0.2) is 12.3 Å². The molecule has 0 unspecified atom stereocenters. The lowest BCUT2D eigenvalue weighted by atomic mass is 10.2. The molecule has 0 radical (unpaired) electrons. The molecular weight excluding hydrogens is 311 g/mol. The zero-order valence-electron chi connectivity index (χ0n) is 13.1. The first-order chi connectivity index (χ1) is 10.8. The van der Waals surface area contributed by atoms with Crippen molar-refractivity contribution in [3.63, 3.8) is 0 Å². The summed E-state index contributed by atoms with van der Waals surface area (Å²) >= 11 is 0. The molecule has 0 aliphatic carbocycles. The van der Waals surface area contributed by atoms with Crippen molar-refractivity contribution in [1.82, 2.24) is 25.1 Å². The van der Waals surface area contributed by atoms with Gasteiger partial charge in [0.15, 0.2) is 0 Å². The monoisotopic (exact) mass is 331 g/mol. The van der Waals surface area contributed by atoms with Gasteiger partial charge in [-0.3, -0.25) is 4.90 Å². The van der Waals surface area contributed by atoms with Crippen molar-refractivity contribution in [1.29, 1.82) is 0 Å². The van der Waals surface area contributed by atoms with E-state index >= 15 is 0 Å². The lowest BCUT2D eigenvalue weighted by Gasteiger charge is -2.38. The zero-order chi connectivity index (χ0) is 17.0. The molecule has 23 heavy (non-hydrogen) atoms. The molecule has 9 heteroatoms. The maximum absolute atomic E-state index is 12.7. The average molecular weight is 331 g/mol. The molecule has 2 rings (SSSR count). The minimum atomic E-state index is -4.24. The Morgan fingerprint density at radius 3 is 2.57 bits per heavy atom. The maximum Gasteiger partial charge on any atom is 0.403 e. The van der Waals surface area contributed by atoms with Crippen LogP contribution in [0.1, 0.15) is 18.4 Å². The van der Waals surface area contributed by atoms with Crippen LogP contribution in [0.2, 0.25) is 0 Å². The third-order valence-corrected chi connectivity index (χ3v) is 3.88. The van der Waals surface area contributed by atoms with Gasteiger partial charge in [0.25, 0.3) is 0 Å². The Hall–Kier alpha value is -1.90. The van der Waals surface area contributed by atoms with Crippen LogP contribution in [0.25, 0.3) is 0 Å². The molecule has 6 nitrogen and oxygen atoms in total. The zero-order valence-corrected chi connectivity index (χ0v) is 13.1. The average Bonchev–Trinajstić information content (AvgIpc) is 2.51. The van der Waals surface area contributed by atoms with E-state index in [2.05, 4.69) is 15.3 Å². The number of nitrogens with one attached hydrogen (secondary N) is 1. The van der Waals surface area contributed by atoms with Crippen molar-refractivity contribution in [3.8, 4) is 0 Å². The van der Waals surface area contributed by atoms with Crippen LogP contribution in [0.5, 0.6) is 0 Å². The van der Waals surface area contributed by atoms with E-state index < -0.39 is 12.2 Å². The molecule has 2 heterocycles. The Morgan fingerprint density at radius 2 is 2.00 bits per heavy atom. The molecule has 0 spiro atoms. The molecule has 128 valence electrons. The van der Waals surface area contributed by atoms with E-state index in [1.807, 2.05) is 0 Å². The number of hydrogen-bond acceptors (Lipinski definition) is 4. The molecule has 2 amide bonds. The van der Waals surface area contributed by atoms with E-state index in [0.717, 1.165) is 6.92 Å². The highest BCUT2D eigenvalue weighted by atomic mass is 19.4. The molecular formula is C14H20F3N5O. The lowest BCUT2D eigenvalue weighted by molar-refractivity contribution is -0.181. The van der Waals surface area contributed by atoms with Gasteiger partial charge in [-0.1, -0.05) is 0 Å². The minimum absolute atomic E-state index is 0.209. The number of rotatable bonds is 3. The standard InChI is InChI=1S/C14H20F3N5O/c1-10(14(15,16)17)21-5-7-22(8-6-21)13(23)19-9-12-3-4-18-11(2)20-12/h3-4,10H,5-9H2,1-2H3,(H,19,23)/t10-/m0/s1. The van der Waals surface area contributed by atoms with Crippen molar-refractivity contribution in [2.24, 2.45) is 0 Å². The van der Waals surface area contributed by atoms with Crippen molar-refractivity contribution >= 4 is 6.03 Å². The molecule has 1 aromatic heterocycles. The van der Waals surface area contributed by atoms with Gasteiger partial charge in [-0.2, -0.15) is 13.2 Å². The van der Waals surface area contributed by atoms with Gasteiger partial charge < -0.3 is 10.2 Å². The van der Waals surface area contributed by atoms with Crippen LogP contribution in [-0.4, -0.2) is 64.2 Å². The summed E-state index contributed by atoms with van der Waals surface area (Å²) < 4.78 is 38.1. The third-order valence-electron chi connectivity index (χ3n) is 3.88. The number of hydrogen-bond donors (Lipinski definition) is 1. The summed E-state index contributed by atoms with van der Waals surface area (Å²) in [4.78, 5) is 23.1. The van der Waals surface area contributed by atoms with Crippen LogP contribution < -0.4 is 5.32 Å². The second kappa shape index (κ2) is 7.12. The minimum Gasteiger partial charge on any atom is -0.332 e. The molecule has 1 atom stereocenters.